The molecule has 0 fully saturated rings. The predicted octanol–water partition coefficient (Wildman–Crippen LogP) is 0.814. The molecule has 0 saturated heterocycles. The Hall–Kier alpha value is -0.760. The molecule has 0 spiro atoms. The molecule has 32 valence electrons. The molecule has 0 atom stereocenters. The van der Waals surface area contributed by atoms with Crippen LogP contribution in [0.3, 0.4) is 0 Å². The van der Waals surface area contributed by atoms with Crippen LogP contribution < -0.4 is 0 Å². The third-order valence-corrected chi connectivity index (χ3v) is 0.315. The summed E-state index contributed by atoms with van der Waals surface area (Å²) in [6, 6.07) is 0. The van der Waals surface area contributed by atoms with Crippen LogP contribution in [0.4, 0.5) is 0 Å². The number of hydrogen-bond donors (Lipinski definition) is 0. The molecule has 0 heterocycles. The molecule has 4 nitrogen and oxygen atoms in total. The maximum absolute atomic E-state index is 9.00. The molecule has 0 aliphatic rings. The van der Waals surface area contributed by atoms with Crippen molar-refractivity contribution in [3.63, 3.8) is 0 Å². The quantitative estimate of drug-likeness (QED) is 0.171. The lowest BCUT2D eigenvalue weighted by atomic mass is 11.6. The first kappa shape index (κ1) is 5.24. The lowest BCUT2D eigenvalue weighted by Crippen LogP contribution is -1.52. The van der Waals surface area contributed by atoms with Gasteiger partial charge in [-0.2, -0.15) is 0 Å². The average molecular weight is 104 g/mol. The first-order valence-corrected chi connectivity index (χ1v) is 1.66. The Balaban J connectivity index is 2.72. The Labute approximate surface area is 38.4 Å². The third kappa shape index (κ3) is 3.24. The molecule has 0 aromatic rings. The van der Waals surface area contributed by atoms with Gasteiger partial charge in [-0.15, -0.1) is 10.2 Å². The van der Waals surface area contributed by atoms with Crippen molar-refractivity contribution in [3.8, 4) is 6.26 Å². The molecule has 0 rings (SSSR count). The van der Waals surface area contributed by atoms with Crippen molar-refractivity contribution in [1.82, 2.24) is 0 Å². The molecule has 0 aromatic carbocycles. The summed E-state index contributed by atoms with van der Waals surface area (Å²) in [6.07, 6.45) is 1.24. The fourth-order valence-corrected chi connectivity index (χ4v) is 0.0956. The summed E-state index contributed by atoms with van der Waals surface area (Å²) < 4.78 is 5.87. The van der Waals surface area contributed by atoms with E-state index in [1.54, 1.807) is 0 Å². The highest BCUT2D eigenvalue weighted by Gasteiger charge is 1.74. The van der Waals surface area contributed by atoms with Gasteiger partial charge in [0.05, 0.1) is 0 Å². The molecule has 5 heteroatoms. The Morgan fingerprint density at radius 1 is 2.00 bits per heavy atom. The van der Waals surface area contributed by atoms with Gasteiger partial charge >= 0.3 is 6.26 Å². The lowest BCUT2D eigenvalue weighted by Gasteiger charge is -1.69. The molecule has 0 amide bonds. The van der Waals surface area contributed by atoms with Crippen LogP contribution >= 0.6 is 12.2 Å². The van der Waals surface area contributed by atoms with E-state index in [1.165, 1.54) is 6.26 Å². The van der Waals surface area contributed by atoms with Crippen molar-refractivity contribution < 1.29 is 4.18 Å². The van der Waals surface area contributed by atoms with E-state index in [-0.39, 0.29) is 12.2 Å². The van der Waals surface area contributed by atoms with E-state index in [9.17, 15) is 0 Å². The topological polar surface area (TPSA) is 62.4 Å². The van der Waals surface area contributed by atoms with Gasteiger partial charge in [0, 0.05) is 4.58 Å². The number of hydrogen-bond acceptors (Lipinski definition) is 5. The summed E-state index contributed by atoms with van der Waals surface area (Å²) in [5.41, 5.74) is 0. The molecule has 0 unspecified atom stereocenters. The van der Waals surface area contributed by atoms with E-state index in [4.69, 9.17) is 10.2 Å². The normalized spacial score (nSPS) is 5.83. The van der Waals surface area contributed by atoms with Gasteiger partial charge in [0.15, 0.2) is 0 Å². The van der Waals surface area contributed by atoms with Gasteiger partial charge in [-0.05, 0) is 0 Å². The summed E-state index contributed by atoms with van der Waals surface area (Å²) in [7, 11) is 0. The maximum atomic E-state index is 9.00. The van der Waals surface area contributed by atoms with Crippen molar-refractivity contribution >= 4 is 12.2 Å². The van der Waals surface area contributed by atoms with Crippen LogP contribution in [0.2, 0.25) is 0 Å². The highest BCUT2D eigenvalue weighted by molar-refractivity contribution is 7.93. The Morgan fingerprint density at radius 2 is 2.67 bits per heavy atom. The van der Waals surface area contributed by atoms with Crippen LogP contribution in [-0.4, -0.2) is 0 Å². The fraction of sp³-hybridized carbons (Fsp3) is 0. The second-order valence-electron chi connectivity index (χ2n) is 0.324. The zero-order chi connectivity index (χ0) is 4.83. The van der Waals surface area contributed by atoms with Crippen molar-refractivity contribution in [3.05, 3.63) is 4.91 Å². The largest absolute Gasteiger partial charge is 0.324 e. The molecule has 0 bridgehead atoms. The maximum Gasteiger partial charge on any atom is 0.301 e. The fourth-order valence-electron chi connectivity index (χ4n) is 0.0319. The van der Waals surface area contributed by atoms with Crippen LogP contribution in [0.5, 0.6) is 0 Å². The van der Waals surface area contributed by atoms with Crippen molar-refractivity contribution in [2.75, 3.05) is 0 Å². The van der Waals surface area contributed by atoms with Crippen molar-refractivity contribution in [1.29, 1.82) is 5.26 Å². The van der Waals surface area contributed by atoms with Gasteiger partial charge in [-0.1, -0.05) is 0 Å². The first-order valence-electron chi connectivity index (χ1n) is 0.960. The summed E-state index contributed by atoms with van der Waals surface area (Å²) in [6.45, 7) is 0. The zero-order valence-corrected chi connectivity index (χ0v) is 3.44. The molecule has 0 aromatic heterocycles. The van der Waals surface area contributed by atoms with Gasteiger partial charge in [0.2, 0.25) is 0 Å². The van der Waals surface area contributed by atoms with Crippen LogP contribution in [-0.2, 0) is 4.18 Å². The number of rotatable bonds is 2. The van der Waals surface area contributed by atoms with Crippen LogP contribution in [0, 0.1) is 16.4 Å². The molecule has 0 saturated carbocycles. The van der Waals surface area contributed by atoms with Gasteiger partial charge in [0.25, 0.3) is 12.2 Å². The molecular weight excluding hydrogens is 104 g/mol. The van der Waals surface area contributed by atoms with E-state index >= 15 is 0 Å². The summed E-state index contributed by atoms with van der Waals surface area (Å²) in [5, 5.41) is 7.51. The molecule has 0 aliphatic heterocycles. The van der Waals surface area contributed by atoms with E-state index in [2.05, 4.69) is 8.77 Å². The third-order valence-electron chi connectivity index (χ3n) is 0.105. The molecule has 0 N–H and O–H groups in total. The molecule has 0 radical (unpaired) electrons. The Morgan fingerprint density at radius 3 is 2.83 bits per heavy atom. The predicted molar refractivity (Wildman–Crippen MR) is 20.1 cm³/mol. The first-order chi connectivity index (χ1) is 2.91. The zero-order valence-electron chi connectivity index (χ0n) is 2.62. The minimum atomic E-state index is 0.216. The summed E-state index contributed by atoms with van der Waals surface area (Å²) in [4.78, 5) is 9.00. The van der Waals surface area contributed by atoms with Crippen LogP contribution in [0.25, 0.3) is 0 Å². The number of nitroso groups, excluding NO2 is 1. The standard InChI is InChI=1S/CN2O2S/c2-1-5-6-3-4. The van der Waals surface area contributed by atoms with Gasteiger partial charge in [-0.25, -0.2) is 0 Å². The number of nitriles is 1. The molecule has 0 aliphatic carbocycles. The molecule has 6 heavy (non-hydrogen) atoms. The summed E-state index contributed by atoms with van der Waals surface area (Å²) >= 11 is 0.216. The van der Waals surface area contributed by atoms with E-state index in [0.29, 0.717) is 0 Å². The highest BCUT2D eigenvalue weighted by atomic mass is 32.2. The van der Waals surface area contributed by atoms with Crippen molar-refractivity contribution in [2.24, 2.45) is 4.58 Å². The van der Waals surface area contributed by atoms with E-state index < -0.39 is 0 Å². The average Bonchev–Trinajstić information content (AvgIpc) is 1.61. The number of nitrogens with zero attached hydrogens (tertiary/aromatic N) is 2. The monoisotopic (exact) mass is 104 g/mol. The van der Waals surface area contributed by atoms with Crippen LogP contribution in [0.15, 0.2) is 4.58 Å². The van der Waals surface area contributed by atoms with Gasteiger partial charge in [0.1, 0.15) is 0 Å². The SMILES string of the molecule is N#COSN=O. The van der Waals surface area contributed by atoms with Gasteiger partial charge < -0.3 is 4.18 Å². The minimum Gasteiger partial charge on any atom is -0.324 e. The molecular formula is CN2O2S. The second-order valence-corrected chi connectivity index (χ2v) is 0.789. The smallest absolute Gasteiger partial charge is 0.301 e. The van der Waals surface area contributed by atoms with Gasteiger partial charge in [-0.3, -0.25) is 0 Å². The minimum absolute atomic E-state index is 0.216. The highest BCUT2D eigenvalue weighted by Crippen LogP contribution is 1.98. The summed E-state index contributed by atoms with van der Waals surface area (Å²) in [5.74, 6) is 0. The Kier molecular flexibility index (Phi) is 3.70. The lowest BCUT2D eigenvalue weighted by molar-refractivity contribution is 0.595. The second kappa shape index (κ2) is 4.24. The van der Waals surface area contributed by atoms with E-state index in [1.807, 2.05) is 0 Å². The van der Waals surface area contributed by atoms with Crippen molar-refractivity contribution in [2.45, 2.75) is 0 Å². The Bertz CT molecular complexity index is 76.1. The van der Waals surface area contributed by atoms with Crippen LogP contribution in [0.1, 0.15) is 0 Å². The van der Waals surface area contributed by atoms with E-state index in [0.717, 1.165) is 0 Å².